The third-order valence-electron chi connectivity index (χ3n) is 2.77. The van der Waals surface area contributed by atoms with Crippen molar-refractivity contribution in [3.05, 3.63) is 0 Å². The number of halogens is 3. The molecule has 2 unspecified atom stereocenters. The normalized spacial score (nSPS) is 32.5. The number of hydrogen-bond donors (Lipinski definition) is 1. The molecule has 1 aliphatic carbocycles. The lowest BCUT2D eigenvalue weighted by Crippen LogP contribution is -2.45. The third kappa shape index (κ3) is 3.72. The van der Waals surface area contributed by atoms with Crippen molar-refractivity contribution in [2.24, 2.45) is 11.8 Å². The average molecular weight is 223 g/mol. The SMILES string of the molecule is CC1CC(C)CC(NC(=O)C(F)(F)F)C1. The second-order valence-electron chi connectivity index (χ2n) is 4.59. The van der Waals surface area contributed by atoms with Gasteiger partial charge >= 0.3 is 12.1 Å². The van der Waals surface area contributed by atoms with Gasteiger partial charge in [-0.3, -0.25) is 4.79 Å². The monoisotopic (exact) mass is 223 g/mol. The molecular formula is C10H16F3NO. The minimum atomic E-state index is -4.76. The summed E-state index contributed by atoms with van der Waals surface area (Å²) in [4.78, 5) is 10.7. The number of amides is 1. The van der Waals surface area contributed by atoms with Crippen LogP contribution in [0.25, 0.3) is 0 Å². The number of alkyl halides is 3. The highest BCUT2D eigenvalue weighted by atomic mass is 19.4. The summed E-state index contributed by atoms with van der Waals surface area (Å²) in [6, 6.07) is -0.321. The number of rotatable bonds is 1. The van der Waals surface area contributed by atoms with Crippen LogP contribution in [0.4, 0.5) is 13.2 Å². The van der Waals surface area contributed by atoms with Gasteiger partial charge in [0, 0.05) is 6.04 Å². The Morgan fingerprint density at radius 1 is 1.13 bits per heavy atom. The molecule has 1 rings (SSSR count). The van der Waals surface area contributed by atoms with Gasteiger partial charge in [-0.15, -0.1) is 0 Å². The van der Waals surface area contributed by atoms with Crippen molar-refractivity contribution in [2.45, 2.75) is 45.3 Å². The highest BCUT2D eigenvalue weighted by Gasteiger charge is 2.40. The predicted molar refractivity (Wildman–Crippen MR) is 50.2 cm³/mol. The first-order valence-corrected chi connectivity index (χ1v) is 5.16. The zero-order valence-electron chi connectivity index (χ0n) is 8.90. The number of carbonyl (C=O) groups excluding carboxylic acids is 1. The van der Waals surface area contributed by atoms with E-state index < -0.39 is 12.1 Å². The van der Waals surface area contributed by atoms with Gasteiger partial charge < -0.3 is 5.32 Å². The average Bonchev–Trinajstić information content (AvgIpc) is 1.99. The summed E-state index contributed by atoms with van der Waals surface area (Å²) in [5.74, 6) is -1.05. The zero-order valence-corrected chi connectivity index (χ0v) is 8.90. The van der Waals surface area contributed by atoms with Crippen LogP contribution in [0.1, 0.15) is 33.1 Å². The second kappa shape index (κ2) is 4.41. The van der Waals surface area contributed by atoms with Crippen molar-refractivity contribution in [2.75, 3.05) is 0 Å². The lowest BCUT2D eigenvalue weighted by atomic mass is 9.80. The van der Waals surface area contributed by atoms with E-state index in [9.17, 15) is 18.0 Å². The van der Waals surface area contributed by atoms with Crippen LogP contribution >= 0.6 is 0 Å². The van der Waals surface area contributed by atoms with Gasteiger partial charge in [-0.05, 0) is 31.1 Å². The van der Waals surface area contributed by atoms with Gasteiger partial charge in [-0.2, -0.15) is 13.2 Å². The molecule has 0 aromatic heterocycles. The van der Waals surface area contributed by atoms with Gasteiger partial charge in [-0.25, -0.2) is 0 Å². The van der Waals surface area contributed by atoms with E-state index in [0.717, 1.165) is 6.42 Å². The highest BCUT2D eigenvalue weighted by Crippen LogP contribution is 2.29. The van der Waals surface area contributed by atoms with Crippen LogP contribution in [0, 0.1) is 11.8 Å². The zero-order chi connectivity index (χ0) is 11.6. The number of nitrogens with one attached hydrogen (secondary N) is 1. The molecule has 88 valence electrons. The summed E-state index contributed by atoms with van der Waals surface area (Å²) >= 11 is 0. The Balaban J connectivity index is 2.48. The van der Waals surface area contributed by atoms with Crippen LogP contribution in [-0.4, -0.2) is 18.1 Å². The van der Waals surface area contributed by atoms with Gasteiger partial charge in [0.15, 0.2) is 0 Å². The lowest BCUT2D eigenvalue weighted by molar-refractivity contribution is -0.174. The highest BCUT2D eigenvalue weighted by molar-refractivity contribution is 5.81. The summed E-state index contributed by atoms with van der Waals surface area (Å²) in [5, 5.41) is 2.06. The van der Waals surface area contributed by atoms with Gasteiger partial charge in [0.1, 0.15) is 0 Å². The molecule has 2 atom stereocenters. The molecule has 0 aromatic rings. The second-order valence-corrected chi connectivity index (χ2v) is 4.59. The maximum Gasteiger partial charge on any atom is 0.471 e. The molecule has 1 N–H and O–H groups in total. The Bertz CT molecular complexity index is 229. The van der Waals surface area contributed by atoms with Crippen LogP contribution in [0.15, 0.2) is 0 Å². The van der Waals surface area contributed by atoms with Crippen molar-refractivity contribution in [3.63, 3.8) is 0 Å². The van der Waals surface area contributed by atoms with E-state index in [-0.39, 0.29) is 6.04 Å². The van der Waals surface area contributed by atoms with Crippen molar-refractivity contribution in [1.82, 2.24) is 5.32 Å². The quantitative estimate of drug-likeness (QED) is 0.727. The molecule has 1 aliphatic rings. The Morgan fingerprint density at radius 2 is 1.60 bits per heavy atom. The smallest absolute Gasteiger partial charge is 0.346 e. The first kappa shape index (κ1) is 12.3. The Kier molecular flexibility index (Phi) is 3.62. The fourth-order valence-corrected chi connectivity index (χ4v) is 2.33. The van der Waals surface area contributed by atoms with Gasteiger partial charge in [0.2, 0.25) is 0 Å². The van der Waals surface area contributed by atoms with Crippen LogP contribution < -0.4 is 5.32 Å². The van der Waals surface area contributed by atoms with Crippen LogP contribution in [-0.2, 0) is 4.79 Å². The summed E-state index contributed by atoms with van der Waals surface area (Å²) in [5.41, 5.74) is 0. The fraction of sp³-hybridized carbons (Fsp3) is 0.900. The number of carbonyl (C=O) groups is 1. The van der Waals surface area contributed by atoms with Crippen molar-refractivity contribution >= 4 is 5.91 Å². The molecule has 0 saturated heterocycles. The molecule has 0 aliphatic heterocycles. The maximum atomic E-state index is 12.0. The molecule has 1 fully saturated rings. The summed E-state index contributed by atoms with van der Waals surface area (Å²) in [6.07, 6.45) is -2.44. The summed E-state index contributed by atoms with van der Waals surface area (Å²) in [6.45, 7) is 4.00. The predicted octanol–water partition coefficient (Wildman–Crippen LogP) is 2.49. The first-order chi connectivity index (χ1) is 6.79. The molecule has 1 saturated carbocycles. The van der Waals surface area contributed by atoms with Gasteiger partial charge in [0.05, 0.1) is 0 Å². The summed E-state index contributed by atoms with van der Waals surface area (Å²) in [7, 11) is 0. The Hall–Kier alpha value is -0.740. The van der Waals surface area contributed by atoms with Crippen molar-refractivity contribution < 1.29 is 18.0 Å². The van der Waals surface area contributed by atoms with Crippen molar-refractivity contribution in [3.8, 4) is 0 Å². The molecule has 0 spiro atoms. The summed E-state index contributed by atoms with van der Waals surface area (Å²) < 4.78 is 36.0. The van der Waals surface area contributed by atoms with E-state index in [2.05, 4.69) is 5.32 Å². The molecule has 5 heteroatoms. The third-order valence-corrected chi connectivity index (χ3v) is 2.77. The molecule has 0 aromatic carbocycles. The molecular weight excluding hydrogens is 207 g/mol. The number of hydrogen-bond acceptors (Lipinski definition) is 1. The maximum absolute atomic E-state index is 12.0. The Labute approximate surface area is 87.2 Å². The van der Waals surface area contributed by atoms with E-state index in [0.29, 0.717) is 24.7 Å². The molecule has 2 nitrogen and oxygen atoms in total. The van der Waals surface area contributed by atoms with E-state index in [1.807, 2.05) is 13.8 Å². The van der Waals surface area contributed by atoms with Crippen LogP contribution in [0.5, 0.6) is 0 Å². The van der Waals surface area contributed by atoms with Crippen LogP contribution in [0.3, 0.4) is 0 Å². The molecule has 0 heterocycles. The van der Waals surface area contributed by atoms with Gasteiger partial charge in [0.25, 0.3) is 0 Å². The van der Waals surface area contributed by atoms with E-state index in [4.69, 9.17) is 0 Å². The minimum Gasteiger partial charge on any atom is -0.346 e. The Morgan fingerprint density at radius 3 is 2.00 bits per heavy atom. The largest absolute Gasteiger partial charge is 0.471 e. The molecule has 15 heavy (non-hydrogen) atoms. The lowest BCUT2D eigenvalue weighted by Gasteiger charge is -2.32. The van der Waals surface area contributed by atoms with Gasteiger partial charge in [-0.1, -0.05) is 13.8 Å². The van der Waals surface area contributed by atoms with Crippen molar-refractivity contribution in [1.29, 1.82) is 0 Å². The first-order valence-electron chi connectivity index (χ1n) is 5.16. The molecule has 0 bridgehead atoms. The van der Waals surface area contributed by atoms with E-state index in [1.165, 1.54) is 0 Å². The fourth-order valence-electron chi connectivity index (χ4n) is 2.33. The van der Waals surface area contributed by atoms with E-state index >= 15 is 0 Å². The molecule has 0 radical (unpaired) electrons. The standard InChI is InChI=1S/C10H16F3NO/c1-6-3-7(2)5-8(4-6)14-9(15)10(11,12)13/h6-8H,3-5H2,1-2H3,(H,14,15). The topological polar surface area (TPSA) is 29.1 Å². The van der Waals surface area contributed by atoms with Crippen LogP contribution in [0.2, 0.25) is 0 Å². The minimum absolute atomic E-state index is 0.321. The molecule has 1 amide bonds. The van der Waals surface area contributed by atoms with E-state index in [1.54, 1.807) is 0 Å².